The fourth-order valence-electron chi connectivity index (χ4n) is 6.61. The Morgan fingerprint density at radius 1 is 0.970 bits per heavy atom. The van der Waals surface area contributed by atoms with Gasteiger partial charge in [0.1, 0.15) is 0 Å². The summed E-state index contributed by atoms with van der Waals surface area (Å²) in [6.07, 6.45) is 4.36. The molecule has 2 aromatic rings. The van der Waals surface area contributed by atoms with Gasteiger partial charge in [-0.3, -0.25) is 0 Å². The molecule has 2 saturated carbocycles. The van der Waals surface area contributed by atoms with E-state index in [0.717, 1.165) is 24.6 Å². The number of halogens is 4. The van der Waals surface area contributed by atoms with Crippen molar-refractivity contribution >= 4 is 20.8 Å². The number of fused-ring (bicyclic) bond motifs is 3. The molecule has 2 aromatic carbocycles. The fraction of sp³-hybridized carbons (Fsp3) is 0.630. The van der Waals surface area contributed by atoms with Crippen LogP contribution in [0.15, 0.2) is 47.4 Å². The second-order valence-electron chi connectivity index (χ2n) is 10.3. The lowest BCUT2D eigenvalue weighted by Crippen LogP contribution is -2.51. The third-order valence-electron chi connectivity index (χ3n) is 8.36. The fourth-order valence-corrected chi connectivity index (χ4v) is 11.1. The van der Waals surface area contributed by atoms with Gasteiger partial charge in [-0.25, -0.2) is 0 Å². The molecule has 3 aliphatic rings. The zero-order chi connectivity index (χ0) is 23.3. The molecule has 0 amide bonds. The summed E-state index contributed by atoms with van der Waals surface area (Å²) in [4.78, 5) is 0.440. The van der Waals surface area contributed by atoms with Gasteiger partial charge in [-0.05, 0) is 66.5 Å². The topological polar surface area (TPSA) is 9.23 Å². The predicted molar refractivity (Wildman–Crippen MR) is 128 cm³/mol. The zero-order valence-electron chi connectivity index (χ0n) is 19.3. The lowest BCUT2D eigenvalue weighted by atomic mass is 9.84. The third kappa shape index (κ3) is 3.71. The van der Waals surface area contributed by atoms with Crippen molar-refractivity contribution in [2.45, 2.75) is 74.0 Å². The molecule has 1 nitrogen and oxygen atoms in total. The Morgan fingerprint density at radius 2 is 1.76 bits per heavy atom. The van der Waals surface area contributed by atoms with Gasteiger partial charge in [0.15, 0.2) is 0 Å². The summed E-state index contributed by atoms with van der Waals surface area (Å²) in [6, 6.07) is 12.7. The first-order chi connectivity index (χ1) is 15.8. The van der Waals surface area contributed by atoms with E-state index < -0.39 is 27.1 Å². The van der Waals surface area contributed by atoms with E-state index >= 15 is 17.6 Å². The third-order valence-corrected chi connectivity index (χ3v) is 12.7. The highest BCUT2D eigenvalue weighted by molar-refractivity contribution is 8.35. The van der Waals surface area contributed by atoms with Crippen LogP contribution in [0.1, 0.15) is 51.9 Å². The van der Waals surface area contributed by atoms with E-state index in [-0.39, 0.29) is 35.9 Å². The van der Waals surface area contributed by atoms with E-state index in [1.807, 2.05) is 37.3 Å². The molecule has 0 spiro atoms. The average Bonchev–Trinajstić information content (AvgIpc) is 3.55. The smallest absolute Gasteiger partial charge is 0.345 e. The van der Waals surface area contributed by atoms with Gasteiger partial charge in [0.05, 0.1) is 6.10 Å². The molecule has 5 atom stereocenters. The van der Waals surface area contributed by atoms with E-state index in [4.69, 9.17) is 4.74 Å². The maximum atomic E-state index is 16.5. The molecule has 3 fully saturated rings. The van der Waals surface area contributed by atoms with E-state index in [1.54, 1.807) is 12.1 Å². The number of unbranched alkanes of at least 4 members (excludes halogenated alkanes) is 1. The van der Waals surface area contributed by atoms with Crippen LogP contribution < -0.4 is 0 Å². The minimum atomic E-state index is -4.07. The molecule has 5 rings (SSSR count). The highest BCUT2D eigenvalue weighted by Crippen LogP contribution is 2.77. The maximum absolute atomic E-state index is 16.5. The summed E-state index contributed by atoms with van der Waals surface area (Å²) in [7, 11) is -3.15. The molecule has 33 heavy (non-hydrogen) atoms. The maximum Gasteiger partial charge on any atom is 0.345 e. The largest absolute Gasteiger partial charge is 0.377 e. The Kier molecular flexibility index (Phi) is 6.22. The molecule has 6 heteroatoms. The lowest BCUT2D eigenvalue weighted by molar-refractivity contribution is -0.198. The zero-order valence-corrected chi connectivity index (χ0v) is 20.1. The predicted octanol–water partition coefficient (Wildman–Crippen LogP) is 8.26. The SMILES string of the molecule is CCCCOC1CCS(c2cccc3ccccc23)(C(F)(F)C(F)(F)C2CC3CCC2C3)C1. The summed E-state index contributed by atoms with van der Waals surface area (Å²) < 4.78 is 71.1. The van der Waals surface area contributed by atoms with Crippen molar-refractivity contribution < 1.29 is 22.3 Å². The Balaban J connectivity index is 1.58. The van der Waals surface area contributed by atoms with Crippen LogP contribution in [-0.4, -0.2) is 35.4 Å². The van der Waals surface area contributed by atoms with Gasteiger partial charge in [0.2, 0.25) is 0 Å². The van der Waals surface area contributed by atoms with Crippen LogP contribution in [0.25, 0.3) is 10.8 Å². The molecule has 0 radical (unpaired) electrons. The van der Waals surface area contributed by atoms with E-state index in [2.05, 4.69) is 0 Å². The molecule has 182 valence electrons. The summed E-state index contributed by atoms with van der Waals surface area (Å²) in [5.41, 5.74) is 0. The Labute approximate surface area is 195 Å². The average molecular weight is 483 g/mol. The monoisotopic (exact) mass is 482 g/mol. The first-order valence-corrected chi connectivity index (χ1v) is 14.4. The van der Waals surface area contributed by atoms with Crippen LogP contribution in [0.4, 0.5) is 17.6 Å². The normalized spacial score (nSPS) is 34.1. The second kappa shape index (κ2) is 8.75. The van der Waals surface area contributed by atoms with Crippen LogP contribution in [0.3, 0.4) is 0 Å². The van der Waals surface area contributed by atoms with Crippen LogP contribution in [0.2, 0.25) is 0 Å². The number of alkyl halides is 4. The van der Waals surface area contributed by atoms with Gasteiger partial charge in [0, 0.05) is 23.2 Å². The van der Waals surface area contributed by atoms with Crippen LogP contribution in [0, 0.1) is 17.8 Å². The van der Waals surface area contributed by atoms with Crippen molar-refractivity contribution in [2.24, 2.45) is 17.8 Å². The van der Waals surface area contributed by atoms with Crippen LogP contribution >= 0.6 is 10.0 Å². The minimum absolute atomic E-state index is 0.0220. The van der Waals surface area contributed by atoms with E-state index in [1.165, 1.54) is 0 Å². The van der Waals surface area contributed by atoms with E-state index in [0.29, 0.717) is 36.2 Å². The molecule has 2 aliphatic carbocycles. The Morgan fingerprint density at radius 3 is 2.48 bits per heavy atom. The molecule has 1 saturated heterocycles. The molecule has 5 unspecified atom stereocenters. The van der Waals surface area contributed by atoms with Crippen LogP contribution in [0.5, 0.6) is 0 Å². The first-order valence-electron chi connectivity index (χ1n) is 12.4. The number of hydrogen-bond donors (Lipinski definition) is 0. The Hall–Kier alpha value is -1.27. The highest BCUT2D eigenvalue weighted by atomic mass is 32.3. The van der Waals surface area contributed by atoms with Gasteiger partial charge in [-0.15, -0.1) is 10.0 Å². The molecule has 0 N–H and O–H groups in total. The van der Waals surface area contributed by atoms with Gasteiger partial charge in [-0.2, -0.15) is 17.6 Å². The van der Waals surface area contributed by atoms with E-state index in [9.17, 15) is 0 Å². The van der Waals surface area contributed by atoms with Crippen molar-refractivity contribution in [1.29, 1.82) is 0 Å². The van der Waals surface area contributed by atoms with Gasteiger partial charge in [-0.1, -0.05) is 56.2 Å². The van der Waals surface area contributed by atoms with Crippen molar-refractivity contribution in [3.63, 3.8) is 0 Å². The second-order valence-corrected chi connectivity index (χ2v) is 13.7. The van der Waals surface area contributed by atoms with Crippen molar-refractivity contribution in [1.82, 2.24) is 0 Å². The standard InChI is InChI=1S/C27H34F4OS/c1-2-3-14-32-22-13-15-33(18-22,25-10-6-8-20-7-4-5-9-23(20)25)27(30,31)26(28,29)24-17-19-11-12-21(24)16-19/h4-10,19,21-22,24H,2-3,11-18H2,1H3. The van der Waals surface area contributed by atoms with Crippen molar-refractivity contribution in [3.05, 3.63) is 42.5 Å². The van der Waals surface area contributed by atoms with Gasteiger partial charge < -0.3 is 4.74 Å². The summed E-state index contributed by atoms with van der Waals surface area (Å²) in [5.74, 6) is -5.16. The van der Waals surface area contributed by atoms with Gasteiger partial charge >= 0.3 is 11.2 Å². The van der Waals surface area contributed by atoms with Crippen molar-refractivity contribution in [2.75, 3.05) is 18.1 Å². The minimum Gasteiger partial charge on any atom is -0.377 e. The highest BCUT2D eigenvalue weighted by Gasteiger charge is 2.72. The molecule has 2 bridgehead atoms. The van der Waals surface area contributed by atoms with Crippen LogP contribution in [-0.2, 0) is 4.74 Å². The van der Waals surface area contributed by atoms with Crippen molar-refractivity contribution in [3.8, 4) is 0 Å². The molecule has 1 heterocycles. The summed E-state index contributed by atoms with van der Waals surface area (Å²) in [5, 5.41) is -2.55. The number of rotatable bonds is 8. The number of hydrogen-bond acceptors (Lipinski definition) is 1. The molecular weight excluding hydrogens is 448 g/mol. The molecular formula is C27H34F4OS. The quantitative estimate of drug-likeness (QED) is 0.272. The Bertz CT molecular complexity index is 990. The summed E-state index contributed by atoms with van der Waals surface area (Å²) >= 11 is 0. The molecule has 0 aromatic heterocycles. The van der Waals surface area contributed by atoms with Gasteiger partial charge in [0.25, 0.3) is 0 Å². The number of ether oxygens (including phenoxy) is 1. The molecule has 1 aliphatic heterocycles. The number of benzene rings is 2. The summed E-state index contributed by atoms with van der Waals surface area (Å²) in [6.45, 7) is 2.55. The first kappa shape index (κ1) is 23.5. The lowest BCUT2D eigenvalue weighted by Gasteiger charge is -2.49.